The van der Waals surface area contributed by atoms with E-state index in [9.17, 15) is 4.79 Å². The Labute approximate surface area is 169 Å². The van der Waals surface area contributed by atoms with Crippen LogP contribution < -0.4 is 16.0 Å². The van der Waals surface area contributed by atoms with Gasteiger partial charge >= 0.3 is 0 Å². The molecular weight excluding hydrogens is 433 g/mol. The Balaban J connectivity index is 0.00000576. The molecule has 1 aliphatic rings. The average molecular weight is 469 g/mol. The SMILES string of the molecule is CCNC(=NCC(=O)NC(C)(C)C)NCC(C)CN1CCOCC1.I. The van der Waals surface area contributed by atoms with Crippen LogP contribution in [0, 0.1) is 5.92 Å². The molecule has 148 valence electrons. The molecule has 0 radical (unpaired) electrons. The fourth-order valence-electron chi connectivity index (χ4n) is 2.51. The van der Waals surface area contributed by atoms with Gasteiger partial charge in [-0.05, 0) is 33.6 Å². The summed E-state index contributed by atoms with van der Waals surface area (Å²) in [6.45, 7) is 16.6. The zero-order chi connectivity index (χ0) is 18.0. The molecule has 25 heavy (non-hydrogen) atoms. The van der Waals surface area contributed by atoms with Crippen LogP contribution in [0.25, 0.3) is 0 Å². The van der Waals surface area contributed by atoms with Crippen LogP contribution in [0.3, 0.4) is 0 Å². The Kier molecular flexibility index (Phi) is 12.4. The first-order valence-corrected chi connectivity index (χ1v) is 8.93. The van der Waals surface area contributed by atoms with Gasteiger partial charge in [0.2, 0.25) is 5.91 Å². The molecule has 8 heteroatoms. The monoisotopic (exact) mass is 469 g/mol. The van der Waals surface area contributed by atoms with Crippen LogP contribution in [0.2, 0.25) is 0 Å². The molecule has 7 nitrogen and oxygen atoms in total. The molecule has 1 heterocycles. The van der Waals surface area contributed by atoms with Crippen LogP contribution >= 0.6 is 24.0 Å². The van der Waals surface area contributed by atoms with Crippen molar-refractivity contribution in [3.63, 3.8) is 0 Å². The first kappa shape index (κ1) is 24.4. The van der Waals surface area contributed by atoms with Crippen LogP contribution in [0.15, 0.2) is 4.99 Å². The minimum absolute atomic E-state index is 0. The second kappa shape index (κ2) is 12.7. The summed E-state index contributed by atoms with van der Waals surface area (Å²) in [7, 11) is 0. The second-order valence-electron chi connectivity index (χ2n) is 7.39. The number of rotatable bonds is 7. The number of morpholine rings is 1. The van der Waals surface area contributed by atoms with Gasteiger partial charge in [0, 0.05) is 38.3 Å². The van der Waals surface area contributed by atoms with E-state index in [4.69, 9.17) is 4.74 Å². The van der Waals surface area contributed by atoms with Gasteiger partial charge in [-0.15, -0.1) is 24.0 Å². The third-order valence-electron chi connectivity index (χ3n) is 3.53. The summed E-state index contributed by atoms with van der Waals surface area (Å²) in [5.41, 5.74) is -0.231. The minimum Gasteiger partial charge on any atom is -0.379 e. The molecule has 0 spiro atoms. The van der Waals surface area contributed by atoms with Crippen molar-refractivity contribution >= 4 is 35.8 Å². The van der Waals surface area contributed by atoms with Crippen LogP contribution in [-0.2, 0) is 9.53 Å². The van der Waals surface area contributed by atoms with Gasteiger partial charge < -0.3 is 20.7 Å². The average Bonchev–Trinajstić information content (AvgIpc) is 2.49. The summed E-state index contributed by atoms with van der Waals surface area (Å²) in [4.78, 5) is 18.7. The van der Waals surface area contributed by atoms with Crippen molar-refractivity contribution in [2.45, 2.75) is 40.2 Å². The van der Waals surface area contributed by atoms with Gasteiger partial charge in [-0.1, -0.05) is 6.92 Å². The topological polar surface area (TPSA) is 78.0 Å². The van der Waals surface area contributed by atoms with E-state index in [1.165, 1.54) is 0 Å². The molecule has 1 aliphatic heterocycles. The Morgan fingerprint density at radius 1 is 1.24 bits per heavy atom. The number of ether oxygens (including phenoxy) is 1. The Morgan fingerprint density at radius 3 is 2.44 bits per heavy atom. The molecule has 0 bridgehead atoms. The molecular formula is C17H36IN5O2. The van der Waals surface area contributed by atoms with Crippen molar-refractivity contribution in [2.24, 2.45) is 10.9 Å². The number of carbonyl (C=O) groups is 1. The quantitative estimate of drug-likeness (QED) is 0.295. The van der Waals surface area contributed by atoms with Crippen molar-refractivity contribution in [3.8, 4) is 0 Å². The van der Waals surface area contributed by atoms with Crippen molar-refractivity contribution in [1.29, 1.82) is 0 Å². The zero-order valence-corrected chi connectivity index (χ0v) is 18.7. The molecule has 0 aromatic heterocycles. The maximum absolute atomic E-state index is 11.9. The number of aliphatic imine (C=N–C) groups is 1. The van der Waals surface area contributed by atoms with E-state index >= 15 is 0 Å². The second-order valence-corrected chi connectivity index (χ2v) is 7.39. The van der Waals surface area contributed by atoms with E-state index in [1.807, 2.05) is 27.7 Å². The van der Waals surface area contributed by atoms with E-state index in [-0.39, 0.29) is 42.0 Å². The molecule has 1 unspecified atom stereocenters. The molecule has 0 aromatic carbocycles. The van der Waals surface area contributed by atoms with E-state index in [0.29, 0.717) is 11.9 Å². The maximum Gasteiger partial charge on any atom is 0.242 e. The normalized spacial score (nSPS) is 17.4. The Morgan fingerprint density at radius 2 is 1.88 bits per heavy atom. The highest BCUT2D eigenvalue weighted by atomic mass is 127. The van der Waals surface area contributed by atoms with Gasteiger partial charge in [-0.2, -0.15) is 0 Å². The van der Waals surface area contributed by atoms with Crippen LogP contribution in [0.5, 0.6) is 0 Å². The standard InChI is InChI=1S/C17H35N5O2.HI/c1-6-18-16(20-12-15(23)21-17(3,4)5)19-11-14(2)13-22-7-9-24-10-8-22;/h14H,6-13H2,1-5H3,(H,21,23)(H2,18,19,20);1H. The van der Waals surface area contributed by atoms with E-state index in [2.05, 4.69) is 32.8 Å². The molecule has 1 atom stereocenters. The van der Waals surface area contributed by atoms with Gasteiger partial charge in [0.15, 0.2) is 5.96 Å². The molecule has 0 saturated carbocycles. The first-order chi connectivity index (χ1) is 11.3. The van der Waals surface area contributed by atoms with Crippen molar-refractivity contribution < 1.29 is 9.53 Å². The lowest BCUT2D eigenvalue weighted by Gasteiger charge is -2.29. The number of nitrogens with one attached hydrogen (secondary N) is 3. The van der Waals surface area contributed by atoms with Gasteiger partial charge in [0.05, 0.1) is 13.2 Å². The Bertz CT molecular complexity index is 406. The highest BCUT2D eigenvalue weighted by Crippen LogP contribution is 2.02. The molecule has 0 aliphatic carbocycles. The Hall–Kier alpha value is -0.610. The zero-order valence-electron chi connectivity index (χ0n) is 16.4. The third-order valence-corrected chi connectivity index (χ3v) is 3.53. The van der Waals surface area contributed by atoms with Gasteiger partial charge in [0.1, 0.15) is 6.54 Å². The summed E-state index contributed by atoms with van der Waals surface area (Å²) >= 11 is 0. The van der Waals surface area contributed by atoms with E-state index < -0.39 is 0 Å². The van der Waals surface area contributed by atoms with Crippen molar-refractivity contribution in [1.82, 2.24) is 20.9 Å². The third kappa shape index (κ3) is 12.4. The predicted molar refractivity (Wildman–Crippen MR) is 114 cm³/mol. The highest BCUT2D eigenvalue weighted by molar-refractivity contribution is 14.0. The summed E-state index contributed by atoms with van der Waals surface area (Å²) in [5.74, 6) is 1.12. The van der Waals surface area contributed by atoms with Crippen molar-refractivity contribution in [2.75, 3.05) is 52.5 Å². The lowest BCUT2D eigenvalue weighted by molar-refractivity contribution is -0.121. The molecule has 1 fully saturated rings. The van der Waals surface area contributed by atoms with Crippen molar-refractivity contribution in [3.05, 3.63) is 0 Å². The van der Waals surface area contributed by atoms with Gasteiger partial charge in [0.25, 0.3) is 0 Å². The maximum atomic E-state index is 11.9. The number of hydrogen-bond donors (Lipinski definition) is 3. The van der Waals surface area contributed by atoms with Crippen LogP contribution in [0.4, 0.5) is 0 Å². The van der Waals surface area contributed by atoms with Gasteiger partial charge in [-0.25, -0.2) is 4.99 Å². The molecule has 1 amide bonds. The number of carbonyl (C=O) groups excluding carboxylic acids is 1. The molecule has 0 aromatic rings. The number of guanidine groups is 1. The minimum atomic E-state index is -0.231. The first-order valence-electron chi connectivity index (χ1n) is 8.93. The smallest absolute Gasteiger partial charge is 0.242 e. The van der Waals surface area contributed by atoms with Gasteiger partial charge in [-0.3, -0.25) is 9.69 Å². The molecule has 3 N–H and O–H groups in total. The lowest BCUT2D eigenvalue weighted by Crippen LogP contribution is -2.45. The summed E-state index contributed by atoms with van der Waals surface area (Å²) in [6, 6.07) is 0. The summed E-state index contributed by atoms with van der Waals surface area (Å²) < 4.78 is 5.38. The predicted octanol–water partition coefficient (Wildman–Crippen LogP) is 1.04. The number of hydrogen-bond acceptors (Lipinski definition) is 4. The lowest BCUT2D eigenvalue weighted by atomic mass is 10.1. The summed E-state index contributed by atoms with van der Waals surface area (Å²) in [6.07, 6.45) is 0. The van der Waals surface area contributed by atoms with Crippen LogP contribution in [0.1, 0.15) is 34.6 Å². The fraction of sp³-hybridized carbons (Fsp3) is 0.882. The van der Waals surface area contributed by atoms with E-state index in [0.717, 1.165) is 45.9 Å². The number of nitrogens with zero attached hydrogens (tertiary/aromatic N) is 2. The molecule has 1 saturated heterocycles. The van der Waals surface area contributed by atoms with E-state index in [1.54, 1.807) is 0 Å². The largest absolute Gasteiger partial charge is 0.379 e. The highest BCUT2D eigenvalue weighted by Gasteiger charge is 2.15. The van der Waals surface area contributed by atoms with Crippen LogP contribution in [-0.4, -0.2) is 74.8 Å². The fourth-order valence-corrected chi connectivity index (χ4v) is 2.51. The number of halogens is 1. The summed E-state index contributed by atoms with van der Waals surface area (Å²) in [5, 5.41) is 9.43. The molecule has 1 rings (SSSR count). The number of amides is 1.